The molecule has 0 N–H and O–H groups in total. The predicted octanol–water partition coefficient (Wildman–Crippen LogP) is 18.2. The first kappa shape index (κ1) is 39.5. The molecule has 0 bridgehead atoms. The zero-order valence-corrected chi connectivity index (χ0v) is 39.9. The van der Waals surface area contributed by atoms with Gasteiger partial charge in [0.25, 0.3) is 0 Å². The molecule has 0 amide bonds. The van der Waals surface area contributed by atoms with Gasteiger partial charge in [0, 0.05) is 60.4 Å². The topological polar surface area (TPSA) is 29.5 Å². The molecule has 0 saturated carbocycles. The molecule has 9 aromatic carbocycles. The Labute approximate surface area is 397 Å². The van der Waals surface area contributed by atoms with Gasteiger partial charge in [-0.05, 0) is 159 Å². The van der Waals surface area contributed by atoms with Gasteiger partial charge in [0.2, 0.25) is 0 Å². The number of hydrogen-bond acceptors (Lipinski definition) is 3. The summed E-state index contributed by atoms with van der Waals surface area (Å²) in [6, 6.07) is 61.2. The van der Waals surface area contributed by atoms with E-state index in [1.807, 2.05) is 0 Å². The maximum atomic E-state index is 6.82. The molecule has 2 aromatic heterocycles. The van der Waals surface area contributed by atoms with Crippen LogP contribution in [-0.2, 0) is 16.2 Å². The first-order chi connectivity index (χ1) is 32.8. The van der Waals surface area contributed by atoms with Crippen LogP contribution in [0.25, 0.3) is 88.4 Å². The van der Waals surface area contributed by atoms with Crippen LogP contribution in [0.4, 0.5) is 17.1 Å². The molecule has 11 aromatic rings. The van der Waals surface area contributed by atoms with Crippen molar-refractivity contribution in [2.24, 2.45) is 0 Å². The molecule has 328 valence electrons. The number of rotatable bonds is 4. The standard InChI is InChI=1S/C65H51NO2/c1-36-20-22-39(23-21-36)66(41-25-27-43-51(32-41)65(7,8)54-33-46(38-15-13-14-37(2)30-38)62-61(58(43)54)45-17-10-12-19-56(45)68-62)40-24-26-42-47-34-53-48(35-52(47)64(5,6)50(42)31-40)59-49(63(53,3)4)28-29-57-60(59)44-16-9-11-18-55(44)67-57/h9-35H,1-8H3. The average Bonchev–Trinajstić information content (AvgIpc) is 4.08. The summed E-state index contributed by atoms with van der Waals surface area (Å²) < 4.78 is 13.3. The fraction of sp³-hybridized carbons (Fsp3) is 0.169. The minimum atomic E-state index is -0.284. The number of para-hydroxylation sites is 2. The van der Waals surface area contributed by atoms with E-state index in [4.69, 9.17) is 8.83 Å². The van der Waals surface area contributed by atoms with Gasteiger partial charge < -0.3 is 13.7 Å². The van der Waals surface area contributed by atoms with Crippen molar-refractivity contribution in [1.29, 1.82) is 0 Å². The molecule has 3 aliphatic rings. The number of nitrogens with zero attached hydrogens (tertiary/aromatic N) is 1. The van der Waals surface area contributed by atoms with Gasteiger partial charge in [-0.1, -0.05) is 144 Å². The van der Waals surface area contributed by atoms with Crippen molar-refractivity contribution in [2.75, 3.05) is 4.90 Å². The van der Waals surface area contributed by atoms with E-state index < -0.39 is 0 Å². The molecule has 3 aliphatic carbocycles. The maximum Gasteiger partial charge on any atom is 0.143 e. The van der Waals surface area contributed by atoms with Crippen LogP contribution in [0.1, 0.15) is 86.1 Å². The third kappa shape index (κ3) is 5.14. The van der Waals surface area contributed by atoms with Crippen LogP contribution >= 0.6 is 0 Å². The van der Waals surface area contributed by atoms with E-state index in [0.717, 1.165) is 50.3 Å². The van der Waals surface area contributed by atoms with E-state index in [1.165, 1.54) is 99.6 Å². The van der Waals surface area contributed by atoms with Gasteiger partial charge >= 0.3 is 0 Å². The second-order valence-corrected chi connectivity index (χ2v) is 21.4. The summed E-state index contributed by atoms with van der Waals surface area (Å²) in [5, 5.41) is 4.76. The van der Waals surface area contributed by atoms with Gasteiger partial charge in [0.15, 0.2) is 0 Å². The zero-order valence-electron chi connectivity index (χ0n) is 39.9. The first-order valence-corrected chi connectivity index (χ1v) is 24.2. The molecular weight excluding hydrogens is 827 g/mol. The molecule has 0 aliphatic heterocycles. The lowest BCUT2D eigenvalue weighted by Gasteiger charge is -2.30. The lowest BCUT2D eigenvalue weighted by Crippen LogP contribution is -2.18. The summed E-state index contributed by atoms with van der Waals surface area (Å²) in [6.45, 7) is 18.7. The second-order valence-electron chi connectivity index (χ2n) is 21.4. The van der Waals surface area contributed by atoms with Crippen molar-refractivity contribution < 1.29 is 8.83 Å². The number of hydrogen-bond donors (Lipinski definition) is 0. The van der Waals surface area contributed by atoms with E-state index in [2.05, 4.69) is 224 Å². The average molecular weight is 878 g/mol. The van der Waals surface area contributed by atoms with Crippen molar-refractivity contribution in [2.45, 2.75) is 71.6 Å². The lowest BCUT2D eigenvalue weighted by molar-refractivity contribution is 0.651. The van der Waals surface area contributed by atoms with Crippen molar-refractivity contribution >= 4 is 60.9 Å². The minimum absolute atomic E-state index is 0.166. The Bertz CT molecular complexity index is 4020. The summed E-state index contributed by atoms with van der Waals surface area (Å²) in [6.07, 6.45) is 0. The Morgan fingerprint density at radius 1 is 0.353 bits per heavy atom. The van der Waals surface area contributed by atoms with Crippen molar-refractivity contribution in [3.8, 4) is 44.5 Å². The molecule has 68 heavy (non-hydrogen) atoms. The Balaban J connectivity index is 0.930. The largest absolute Gasteiger partial charge is 0.456 e. The summed E-state index contributed by atoms with van der Waals surface area (Å²) in [7, 11) is 0. The second kappa shape index (κ2) is 13.3. The SMILES string of the molecule is Cc1ccc(N(c2ccc3c(c2)C(C)(C)c2cc4c(cc2-3)C(C)(C)c2ccc3oc5ccccc5c3c2-4)c2ccc3c(c2)C(C)(C)c2cc(-c4cccc(C)c4)c4oc5ccccc5c4c2-3)cc1. The summed E-state index contributed by atoms with van der Waals surface area (Å²) in [5.74, 6) is 0. The van der Waals surface area contributed by atoms with Gasteiger partial charge in [0.05, 0.1) is 0 Å². The first-order valence-electron chi connectivity index (χ1n) is 24.2. The molecule has 0 atom stereocenters. The summed E-state index contributed by atoms with van der Waals surface area (Å²) >= 11 is 0. The highest BCUT2D eigenvalue weighted by atomic mass is 16.3. The maximum absolute atomic E-state index is 6.82. The molecule has 3 nitrogen and oxygen atoms in total. The van der Waals surface area contributed by atoms with Crippen molar-refractivity contribution in [3.63, 3.8) is 0 Å². The highest BCUT2D eigenvalue weighted by Gasteiger charge is 2.44. The molecule has 0 unspecified atom stereocenters. The van der Waals surface area contributed by atoms with Gasteiger partial charge in [0.1, 0.15) is 22.3 Å². The fourth-order valence-corrected chi connectivity index (χ4v) is 12.8. The van der Waals surface area contributed by atoms with Crippen molar-refractivity contribution in [3.05, 3.63) is 208 Å². The van der Waals surface area contributed by atoms with Crippen LogP contribution in [0.2, 0.25) is 0 Å². The van der Waals surface area contributed by atoms with E-state index in [9.17, 15) is 0 Å². The van der Waals surface area contributed by atoms with Crippen LogP contribution in [0.3, 0.4) is 0 Å². The smallest absolute Gasteiger partial charge is 0.143 e. The third-order valence-corrected chi connectivity index (χ3v) is 16.4. The van der Waals surface area contributed by atoms with Crippen LogP contribution in [0.5, 0.6) is 0 Å². The zero-order chi connectivity index (χ0) is 46.2. The molecule has 2 heterocycles. The Kier molecular flexibility index (Phi) is 7.73. The predicted molar refractivity (Wildman–Crippen MR) is 283 cm³/mol. The normalized spacial score (nSPS) is 15.4. The molecule has 0 spiro atoms. The molecule has 0 radical (unpaired) electrons. The van der Waals surface area contributed by atoms with Crippen molar-refractivity contribution in [1.82, 2.24) is 0 Å². The fourth-order valence-electron chi connectivity index (χ4n) is 12.8. The van der Waals surface area contributed by atoms with Crippen LogP contribution in [-0.4, -0.2) is 0 Å². The lowest BCUT2D eigenvalue weighted by atomic mass is 9.79. The third-order valence-electron chi connectivity index (χ3n) is 16.4. The number of benzene rings is 9. The summed E-state index contributed by atoms with van der Waals surface area (Å²) in [4.78, 5) is 2.47. The number of fused-ring (bicyclic) bond motifs is 17. The van der Waals surface area contributed by atoms with E-state index in [0.29, 0.717) is 0 Å². The highest BCUT2D eigenvalue weighted by Crippen LogP contribution is 2.60. The van der Waals surface area contributed by atoms with Gasteiger partial charge in [-0.3, -0.25) is 0 Å². The highest BCUT2D eigenvalue weighted by molar-refractivity contribution is 6.19. The Morgan fingerprint density at radius 3 is 1.65 bits per heavy atom. The van der Waals surface area contributed by atoms with E-state index in [-0.39, 0.29) is 16.2 Å². The van der Waals surface area contributed by atoms with Crippen LogP contribution < -0.4 is 4.90 Å². The molecule has 0 fully saturated rings. The molecule has 14 rings (SSSR count). The number of furan rings is 2. The van der Waals surface area contributed by atoms with E-state index in [1.54, 1.807) is 0 Å². The van der Waals surface area contributed by atoms with Crippen LogP contribution in [0, 0.1) is 13.8 Å². The quantitative estimate of drug-likeness (QED) is 0.176. The number of anilines is 3. The number of aryl methyl sites for hydroxylation is 2. The molecule has 0 saturated heterocycles. The van der Waals surface area contributed by atoms with Crippen LogP contribution in [0.15, 0.2) is 173 Å². The monoisotopic (exact) mass is 877 g/mol. The van der Waals surface area contributed by atoms with Gasteiger partial charge in [-0.25, -0.2) is 0 Å². The Morgan fingerprint density at radius 2 is 0.912 bits per heavy atom. The molecule has 3 heteroatoms. The summed E-state index contributed by atoms with van der Waals surface area (Å²) in [5.41, 5.74) is 27.3. The van der Waals surface area contributed by atoms with Gasteiger partial charge in [-0.15, -0.1) is 0 Å². The minimum Gasteiger partial charge on any atom is -0.456 e. The van der Waals surface area contributed by atoms with Gasteiger partial charge in [-0.2, -0.15) is 0 Å². The Hall–Kier alpha value is -7.62. The molecular formula is C65H51NO2. The van der Waals surface area contributed by atoms with E-state index >= 15 is 0 Å².